The second kappa shape index (κ2) is 7.43. The van der Waals surface area contributed by atoms with Gasteiger partial charge >= 0.3 is 0 Å². The molecule has 4 heterocycles. The molecule has 8 heteroatoms. The zero-order valence-electron chi connectivity index (χ0n) is 14.2. The minimum atomic E-state index is -0.503. The number of hydrogen-bond acceptors (Lipinski definition) is 6. The molecule has 4 rings (SSSR count). The third-order valence-electron chi connectivity index (χ3n) is 3.74. The van der Waals surface area contributed by atoms with Gasteiger partial charge in [0.25, 0.3) is 0 Å². The van der Waals surface area contributed by atoms with E-state index in [1.54, 1.807) is 18.6 Å². The molecule has 0 bridgehead atoms. The molecule has 27 heavy (non-hydrogen) atoms. The second-order valence-corrected chi connectivity index (χ2v) is 6.44. The van der Waals surface area contributed by atoms with Gasteiger partial charge in [-0.15, -0.1) is 0 Å². The largest absolute Gasteiger partial charge is 0.308 e. The molecule has 0 aliphatic heterocycles. The van der Waals surface area contributed by atoms with Gasteiger partial charge in [0.05, 0.1) is 17.5 Å². The van der Waals surface area contributed by atoms with Gasteiger partial charge in [-0.3, -0.25) is 10.1 Å². The summed E-state index contributed by atoms with van der Waals surface area (Å²) >= 11 is 1.26. The lowest BCUT2D eigenvalue weighted by atomic mass is 10.2. The topological polar surface area (TPSA) is 79.4 Å². The highest BCUT2D eigenvalue weighted by Gasteiger charge is 2.09. The Balaban J connectivity index is 1.56. The summed E-state index contributed by atoms with van der Waals surface area (Å²) in [5, 5.41) is 7.54. The third-order valence-corrected chi connectivity index (χ3v) is 4.68. The predicted molar refractivity (Wildman–Crippen MR) is 103 cm³/mol. The molecule has 0 spiro atoms. The summed E-state index contributed by atoms with van der Waals surface area (Å²) < 4.78 is 17.6. The molecular formula is C19H13FN6S. The summed E-state index contributed by atoms with van der Waals surface area (Å²) in [6.45, 7) is 1.89. The number of nitrogens with one attached hydrogen (secondary N) is 2. The maximum absolute atomic E-state index is 14.7. The van der Waals surface area contributed by atoms with Gasteiger partial charge in [-0.25, -0.2) is 14.4 Å². The number of rotatable bonds is 3. The summed E-state index contributed by atoms with van der Waals surface area (Å²) in [7, 11) is 0. The van der Waals surface area contributed by atoms with Crippen molar-refractivity contribution in [1.82, 2.24) is 25.1 Å². The zero-order chi connectivity index (χ0) is 18.6. The van der Waals surface area contributed by atoms with Crippen LogP contribution in [0.2, 0.25) is 0 Å². The van der Waals surface area contributed by atoms with Gasteiger partial charge in [0, 0.05) is 34.4 Å². The zero-order valence-corrected chi connectivity index (χ0v) is 15.0. The van der Waals surface area contributed by atoms with E-state index in [9.17, 15) is 4.39 Å². The van der Waals surface area contributed by atoms with Gasteiger partial charge in [0.2, 0.25) is 0 Å². The highest BCUT2D eigenvalue weighted by Crippen LogP contribution is 2.24. The van der Waals surface area contributed by atoms with Crippen LogP contribution in [0, 0.1) is 24.6 Å². The fourth-order valence-electron chi connectivity index (χ4n) is 2.34. The van der Waals surface area contributed by atoms with Crippen LogP contribution in [-0.4, -0.2) is 25.1 Å². The maximum atomic E-state index is 14.7. The number of pyridine rings is 3. The van der Waals surface area contributed by atoms with Crippen molar-refractivity contribution in [3.63, 3.8) is 0 Å². The van der Waals surface area contributed by atoms with E-state index in [4.69, 9.17) is 0 Å². The highest BCUT2D eigenvalue weighted by molar-refractivity contribution is 8.00. The van der Waals surface area contributed by atoms with Gasteiger partial charge in [-0.2, -0.15) is 5.10 Å². The number of halogens is 1. The van der Waals surface area contributed by atoms with Crippen molar-refractivity contribution in [1.29, 1.82) is 0 Å². The van der Waals surface area contributed by atoms with E-state index >= 15 is 0 Å². The molecule has 2 N–H and O–H groups in total. The number of H-pyrrole nitrogens is 1. The fourth-order valence-corrected chi connectivity index (χ4v) is 3.03. The first-order valence-electron chi connectivity index (χ1n) is 8.01. The SMILES string of the molecule is Cc1ncccc1SNc1nccc(C#Cc2cnc3[nH]ncc3c2)c1F. The van der Waals surface area contributed by atoms with E-state index in [0.717, 1.165) is 16.0 Å². The van der Waals surface area contributed by atoms with Crippen molar-refractivity contribution in [3.05, 3.63) is 71.7 Å². The molecule has 0 aliphatic rings. The van der Waals surface area contributed by atoms with Gasteiger partial charge in [-0.05, 0) is 43.1 Å². The number of aromatic nitrogens is 5. The summed E-state index contributed by atoms with van der Waals surface area (Å²) in [4.78, 5) is 13.4. The summed E-state index contributed by atoms with van der Waals surface area (Å²) in [6, 6.07) is 7.11. The van der Waals surface area contributed by atoms with E-state index in [-0.39, 0.29) is 11.4 Å². The number of aryl methyl sites for hydroxylation is 1. The molecule has 0 saturated carbocycles. The third kappa shape index (κ3) is 3.73. The van der Waals surface area contributed by atoms with Crippen molar-refractivity contribution in [3.8, 4) is 11.8 Å². The van der Waals surface area contributed by atoms with Crippen LogP contribution in [0.5, 0.6) is 0 Å². The lowest BCUT2D eigenvalue weighted by molar-refractivity contribution is 0.624. The van der Waals surface area contributed by atoms with Gasteiger partial charge in [-0.1, -0.05) is 11.8 Å². The van der Waals surface area contributed by atoms with Crippen LogP contribution in [0.4, 0.5) is 10.2 Å². The molecule has 0 aromatic carbocycles. The molecular weight excluding hydrogens is 363 g/mol. The Labute approximate surface area is 158 Å². The van der Waals surface area contributed by atoms with E-state index in [2.05, 4.69) is 41.7 Å². The lowest BCUT2D eigenvalue weighted by Crippen LogP contribution is -1.98. The Morgan fingerprint density at radius 2 is 2.04 bits per heavy atom. The Kier molecular flexibility index (Phi) is 4.68. The van der Waals surface area contributed by atoms with Crippen molar-refractivity contribution in [2.24, 2.45) is 0 Å². The van der Waals surface area contributed by atoms with Crippen LogP contribution in [0.15, 0.2) is 53.9 Å². The normalized spacial score (nSPS) is 10.4. The monoisotopic (exact) mass is 376 g/mol. The maximum Gasteiger partial charge on any atom is 0.181 e. The minimum Gasteiger partial charge on any atom is -0.308 e. The van der Waals surface area contributed by atoms with Gasteiger partial charge in [0.1, 0.15) is 0 Å². The molecule has 0 atom stereocenters. The Hall–Kier alpha value is -3.44. The highest BCUT2D eigenvalue weighted by atomic mass is 32.2. The standard InChI is InChI=1S/C19H13FN6S/c1-12-16(3-2-7-21-12)27-26-19-17(20)14(6-8-22-19)5-4-13-9-15-11-24-25-18(15)23-10-13/h2-3,6-11H,1H3,(H,22,26)(H,23,24,25). The molecule has 4 aromatic heterocycles. The van der Waals surface area contributed by atoms with Crippen LogP contribution >= 0.6 is 11.9 Å². The van der Waals surface area contributed by atoms with Crippen LogP contribution in [0.3, 0.4) is 0 Å². The van der Waals surface area contributed by atoms with Gasteiger partial charge < -0.3 is 4.72 Å². The minimum absolute atomic E-state index is 0.124. The molecule has 6 nitrogen and oxygen atoms in total. The molecule has 0 amide bonds. The molecule has 0 unspecified atom stereocenters. The molecule has 0 fully saturated rings. The number of nitrogens with zero attached hydrogens (tertiary/aromatic N) is 4. The first kappa shape index (κ1) is 17.0. The van der Waals surface area contributed by atoms with Gasteiger partial charge in [0.15, 0.2) is 17.3 Å². The van der Waals surface area contributed by atoms with Crippen molar-refractivity contribution in [2.75, 3.05) is 4.72 Å². The van der Waals surface area contributed by atoms with Crippen LogP contribution < -0.4 is 4.72 Å². The Morgan fingerprint density at radius 3 is 2.93 bits per heavy atom. The quantitative estimate of drug-likeness (QED) is 0.419. The summed E-state index contributed by atoms with van der Waals surface area (Å²) in [6.07, 6.45) is 6.51. The smallest absolute Gasteiger partial charge is 0.181 e. The molecule has 4 aromatic rings. The van der Waals surface area contributed by atoms with E-state index < -0.39 is 5.82 Å². The molecule has 0 aliphatic carbocycles. The van der Waals surface area contributed by atoms with E-state index in [0.29, 0.717) is 11.2 Å². The van der Waals surface area contributed by atoms with Crippen LogP contribution in [0.1, 0.15) is 16.8 Å². The van der Waals surface area contributed by atoms with Crippen molar-refractivity contribution >= 4 is 28.8 Å². The molecule has 0 saturated heterocycles. The first-order chi connectivity index (χ1) is 13.2. The number of anilines is 1. The lowest BCUT2D eigenvalue weighted by Gasteiger charge is -2.07. The average molecular weight is 376 g/mol. The van der Waals surface area contributed by atoms with Crippen molar-refractivity contribution in [2.45, 2.75) is 11.8 Å². The molecule has 132 valence electrons. The van der Waals surface area contributed by atoms with Crippen LogP contribution in [-0.2, 0) is 0 Å². The Bertz CT molecular complexity index is 1180. The fraction of sp³-hybridized carbons (Fsp3) is 0.0526. The van der Waals surface area contributed by atoms with E-state index in [1.165, 1.54) is 24.2 Å². The summed E-state index contributed by atoms with van der Waals surface area (Å²) in [5.74, 6) is 5.39. The number of aromatic amines is 1. The van der Waals surface area contributed by atoms with Crippen LogP contribution in [0.25, 0.3) is 11.0 Å². The number of hydrogen-bond donors (Lipinski definition) is 2. The predicted octanol–water partition coefficient (Wildman–Crippen LogP) is 3.71. The Morgan fingerprint density at radius 1 is 1.11 bits per heavy atom. The number of fused-ring (bicyclic) bond motifs is 1. The van der Waals surface area contributed by atoms with Crippen molar-refractivity contribution < 1.29 is 4.39 Å². The summed E-state index contributed by atoms with van der Waals surface area (Å²) in [5.41, 5.74) is 2.47. The second-order valence-electron chi connectivity index (χ2n) is 5.59. The van der Waals surface area contributed by atoms with E-state index in [1.807, 2.05) is 25.1 Å². The first-order valence-corrected chi connectivity index (χ1v) is 8.82. The average Bonchev–Trinajstić information content (AvgIpc) is 3.15. The molecule has 0 radical (unpaired) electrons.